The average molecular weight is 222 g/mol. The first-order chi connectivity index (χ1) is 7.86. The lowest BCUT2D eigenvalue weighted by atomic mass is 9.98. The zero-order chi connectivity index (χ0) is 11.6. The summed E-state index contributed by atoms with van der Waals surface area (Å²) in [6.45, 7) is 5.71. The molecular weight excluding hydrogens is 196 g/mol. The van der Waals surface area contributed by atoms with Gasteiger partial charge in [0.1, 0.15) is 0 Å². The SMILES string of the molecule is CCCCCCCC(CC)Cn1ccnc1. The topological polar surface area (TPSA) is 17.8 Å². The monoisotopic (exact) mass is 222 g/mol. The highest BCUT2D eigenvalue weighted by atomic mass is 15.0. The third-order valence-electron chi connectivity index (χ3n) is 3.32. The van der Waals surface area contributed by atoms with E-state index in [2.05, 4.69) is 29.6 Å². The van der Waals surface area contributed by atoms with Crippen LogP contribution in [0.1, 0.15) is 58.8 Å². The fourth-order valence-corrected chi connectivity index (χ4v) is 2.15. The Labute approximate surface area is 100 Å². The van der Waals surface area contributed by atoms with Crippen molar-refractivity contribution in [2.45, 2.75) is 65.3 Å². The Bertz CT molecular complexity index is 241. The van der Waals surface area contributed by atoms with Gasteiger partial charge in [0.05, 0.1) is 6.33 Å². The molecule has 0 N–H and O–H groups in total. The summed E-state index contributed by atoms with van der Waals surface area (Å²) in [4.78, 5) is 4.09. The molecule has 0 bridgehead atoms. The van der Waals surface area contributed by atoms with Gasteiger partial charge in [0.2, 0.25) is 0 Å². The van der Waals surface area contributed by atoms with Gasteiger partial charge >= 0.3 is 0 Å². The third-order valence-corrected chi connectivity index (χ3v) is 3.32. The molecule has 0 aromatic carbocycles. The Balaban J connectivity index is 2.12. The summed E-state index contributed by atoms with van der Waals surface area (Å²) in [5.41, 5.74) is 0. The van der Waals surface area contributed by atoms with E-state index < -0.39 is 0 Å². The number of imidazole rings is 1. The zero-order valence-electron chi connectivity index (χ0n) is 10.9. The fourth-order valence-electron chi connectivity index (χ4n) is 2.15. The van der Waals surface area contributed by atoms with Crippen LogP contribution in [-0.4, -0.2) is 9.55 Å². The Morgan fingerprint density at radius 3 is 2.56 bits per heavy atom. The lowest BCUT2D eigenvalue weighted by Crippen LogP contribution is -2.08. The second-order valence-electron chi connectivity index (χ2n) is 4.74. The molecule has 0 saturated carbocycles. The molecule has 0 spiro atoms. The standard InChI is InChI=1S/C14H26N2/c1-3-5-6-7-8-9-14(4-2)12-16-11-10-15-13-16/h10-11,13-14H,3-9,12H2,1-2H3. The van der Waals surface area contributed by atoms with Crippen molar-refractivity contribution in [1.82, 2.24) is 9.55 Å². The molecule has 0 amide bonds. The number of aromatic nitrogens is 2. The fraction of sp³-hybridized carbons (Fsp3) is 0.786. The molecule has 0 fully saturated rings. The lowest BCUT2D eigenvalue weighted by molar-refractivity contribution is 0.384. The molecule has 1 heterocycles. The summed E-state index contributed by atoms with van der Waals surface area (Å²) in [6, 6.07) is 0. The minimum Gasteiger partial charge on any atom is -0.337 e. The number of hydrogen-bond donors (Lipinski definition) is 0. The summed E-state index contributed by atoms with van der Waals surface area (Å²) in [5, 5.41) is 0. The molecule has 16 heavy (non-hydrogen) atoms. The van der Waals surface area contributed by atoms with E-state index in [4.69, 9.17) is 0 Å². The van der Waals surface area contributed by atoms with Crippen LogP contribution in [0.15, 0.2) is 18.7 Å². The highest BCUT2D eigenvalue weighted by molar-refractivity contribution is 4.75. The molecule has 1 aromatic rings. The van der Waals surface area contributed by atoms with Crippen molar-refractivity contribution < 1.29 is 0 Å². The van der Waals surface area contributed by atoms with Crippen LogP contribution in [0, 0.1) is 5.92 Å². The second kappa shape index (κ2) is 8.37. The minimum atomic E-state index is 0.829. The van der Waals surface area contributed by atoms with Crippen LogP contribution < -0.4 is 0 Å². The molecule has 1 atom stereocenters. The van der Waals surface area contributed by atoms with Gasteiger partial charge in [-0.3, -0.25) is 0 Å². The molecule has 2 heteroatoms. The molecule has 0 aliphatic carbocycles. The zero-order valence-corrected chi connectivity index (χ0v) is 10.9. The summed E-state index contributed by atoms with van der Waals surface area (Å²) < 4.78 is 2.21. The Hall–Kier alpha value is -0.790. The third kappa shape index (κ3) is 5.34. The predicted octanol–water partition coefficient (Wildman–Crippen LogP) is 4.27. The predicted molar refractivity (Wildman–Crippen MR) is 69.4 cm³/mol. The molecule has 0 radical (unpaired) electrons. The van der Waals surface area contributed by atoms with E-state index in [1.165, 1.54) is 44.9 Å². The number of nitrogens with zero attached hydrogens (tertiary/aromatic N) is 2. The molecule has 0 saturated heterocycles. The first-order valence-corrected chi connectivity index (χ1v) is 6.82. The van der Waals surface area contributed by atoms with Crippen LogP contribution in [0.3, 0.4) is 0 Å². The van der Waals surface area contributed by atoms with Crippen LogP contribution >= 0.6 is 0 Å². The number of hydrogen-bond acceptors (Lipinski definition) is 1. The smallest absolute Gasteiger partial charge is 0.0945 e. The van der Waals surface area contributed by atoms with Gasteiger partial charge in [0, 0.05) is 18.9 Å². The highest BCUT2D eigenvalue weighted by Crippen LogP contribution is 2.16. The molecule has 92 valence electrons. The van der Waals surface area contributed by atoms with E-state index in [9.17, 15) is 0 Å². The Morgan fingerprint density at radius 1 is 1.12 bits per heavy atom. The molecule has 1 unspecified atom stereocenters. The molecule has 0 aliphatic rings. The normalized spacial score (nSPS) is 12.9. The van der Waals surface area contributed by atoms with Crippen molar-refractivity contribution in [2.24, 2.45) is 5.92 Å². The van der Waals surface area contributed by atoms with E-state index in [0.29, 0.717) is 0 Å². The van der Waals surface area contributed by atoms with E-state index in [-0.39, 0.29) is 0 Å². The van der Waals surface area contributed by atoms with Crippen LogP contribution in [0.5, 0.6) is 0 Å². The summed E-state index contributed by atoms with van der Waals surface area (Å²) in [7, 11) is 0. The number of rotatable bonds is 9. The van der Waals surface area contributed by atoms with E-state index in [0.717, 1.165) is 12.5 Å². The summed E-state index contributed by atoms with van der Waals surface area (Å²) in [6.07, 6.45) is 15.5. The van der Waals surface area contributed by atoms with Crippen LogP contribution in [0.4, 0.5) is 0 Å². The molecule has 1 rings (SSSR count). The van der Waals surface area contributed by atoms with Crippen molar-refractivity contribution in [3.63, 3.8) is 0 Å². The summed E-state index contributed by atoms with van der Waals surface area (Å²) >= 11 is 0. The van der Waals surface area contributed by atoms with E-state index >= 15 is 0 Å². The Morgan fingerprint density at radius 2 is 1.94 bits per heavy atom. The maximum absolute atomic E-state index is 4.09. The lowest BCUT2D eigenvalue weighted by Gasteiger charge is -2.15. The molecule has 0 aliphatic heterocycles. The largest absolute Gasteiger partial charge is 0.337 e. The van der Waals surface area contributed by atoms with Gasteiger partial charge < -0.3 is 4.57 Å². The van der Waals surface area contributed by atoms with Crippen LogP contribution in [0.25, 0.3) is 0 Å². The van der Waals surface area contributed by atoms with Crippen molar-refractivity contribution in [3.8, 4) is 0 Å². The molecule has 1 aromatic heterocycles. The second-order valence-corrected chi connectivity index (χ2v) is 4.74. The molecule has 2 nitrogen and oxygen atoms in total. The van der Waals surface area contributed by atoms with Gasteiger partial charge in [-0.05, 0) is 12.3 Å². The van der Waals surface area contributed by atoms with Gasteiger partial charge in [-0.1, -0.05) is 52.4 Å². The molecular formula is C14H26N2. The quantitative estimate of drug-likeness (QED) is 0.570. The van der Waals surface area contributed by atoms with Gasteiger partial charge in [-0.25, -0.2) is 4.98 Å². The van der Waals surface area contributed by atoms with Gasteiger partial charge in [-0.2, -0.15) is 0 Å². The van der Waals surface area contributed by atoms with Crippen molar-refractivity contribution >= 4 is 0 Å². The van der Waals surface area contributed by atoms with Gasteiger partial charge in [-0.15, -0.1) is 0 Å². The van der Waals surface area contributed by atoms with Crippen molar-refractivity contribution in [1.29, 1.82) is 0 Å². The van der Waals surface area contributed by atoms with E-state index in [1.54, 1.807) is 0 Å². The minimum absolute atomic E-state index is 0.829. The highest BCUT2D eigenvalue weighted by Gasteiger charge is 2.06. The van der Waals surface area contributed by atoms with Gasteiger partial charge in [0.15, 0.2) is 0 Å². The van der Waals surface area contributed by atoms with Crippen LogP contribution in [-0.2, 0) is 6.54 Å². The van der Waals surface area contributed by atoms with E-state index in [1.807, 2.05) is 12.5 Å². The van der Waals surface area contributed by atoms with Crippen molar-refractivity contribution in [3.05, 3.63) is 18.7 Å². The Kier molecular flexibility index (Phi) is 6.95. The van der Waals surface area contributed by atoms with Crippen LogP contribution in [0.2, 0.25) is 0 Å². The first-order valence-electron chi connectivity index (χ1n) is 6.82. The van der Waals surface area contributed by atoms with Crippen molar-refractivity contribution in [2.75, 3.05) is 0 Å². The number of unbranched alkanes of at least 4 members (excludes halogenated alkanes) is 4. The summed E-state index contributed by atoms with van der Waals surface area (Å²) in [5.74, 6) is 0.829. The maximum Gasteiger partial charge on any atom is 0.0945 e. The average Bonchev–Trinajstić information content (AvgIpc) is 2.80. The maximum atomic E-state index is 4.09. The first kappa shape index (κ1) is 13.3. The van der Waals surface area contributed by atoms with Gasteiger partial charge in [0.25, 0.3) is 0 Å².